The molecule has 2 unspecified atom stereocenters. The highest BCUT2D eigenvalue weighted by molar-refractivity contribution is 5.91. The van der Waals surface area contributed by atoms with E-state index in [0.717, 1.165) is 5.56 Å². The van der Waals surface area contributed by atoms with Crippen molar-refractivity contribution in [3.05, 3.63) is 59.4 Å². The summed E-state index contributed by atoms with van der Waals surface area (Å²) in [5.74, 6) is -0.0993. The SMILES string of the molecule is COc1cc(OC)c(OC)cc1/C=C/C(=O)OC(C)C(=O)NC(C)c1ccc(F)cc1. The number of carbonyl (C=O) groups excluding carboxylic acids is 2. The van der Waals surface area contributed by atoms with Crippen LogP contribution in [0.15, 0.2) is 42.5 Å². The number of amides is 1. The molecule has 0 bridgehead atoms. The topological polar surface area (TPSA) is 83.1 Å². The molecule has 0 aliphatic rings. The highest BCUT2D eigenvalue weighted by atomic mass is 19.1. The molecule has 0 saturated heterocycles. The van der Waals surface area contributed by atoms with Crippen LogP contribution >= 0.6 is 0 Å². The number of nitrogens with one attached hydrogen (secondary N) is 1. The second-order valence-corrected chi connectivity index (χ2v) is 6.64. The predicted molar refractivity (Wildman–Crippen MR) is 114 cm³/mol. The Hall–Kier alpha value is -3.55. The molecule has 2 rings (SSSR count). The highest BCUT2D eigenvalue weighted by Gasteiger charge is 2.19. The maximum atomic E-state index is 13.0. The van der Waals surface area contributed by atoms with E-state index in [2.05, 4.69) is 5.32 Å². The molecule has 0 heterocycles. The van der Waals surface area contributed by atoms with Crippen LogP contribution in [0.3, 0.4) is 0 Å². The summed E-state index contributed by atoms with van der Waals surface area (Å²) in [5, 5.41) is 2.73. The Balaban J connectivity index is 2.00. The fourth-order valence-electron chi connectivity index (χ4n) is 2.77. The van der Waals surface area contributed by atoms with Gasteiger partial charge in [-0.05, 0) is 43.7 Å². The molecule has 1 amide bonds. The average molecular weight is 431 g/mol. The van der Waals surface area contributed by atoms with Crippen molar-refractivity contribution in [1.29, 1.82) is 0 Å². The summed E-state index contributed by atoms with van der Waals surface area (Å²) in [6.07, 6.45) is 1.67. The summed E-state index contributed by atoms with van der Waals surface area (Å²) in [6.45, 7) is 3.22. The molecule has 8 heteroatoms. The molecule has 0 saturated carbocycles. The lowest BCUT2D eigenvalue weighted by Crippen LogP contribution is -2.37. The number of halogens is 1. The number of esters is 1. The maximum Gasteiger partial charge on any atom is 0.331 e. The number of rotatable bonds is 9. The van der Waals surface area contributed by atoms with Crippen molar-refractivity contribution in [2.45, 2.75) is 26.0 Å². The number of hydrogen-bond donors (Lipinski definition) is 1. The van der Waals surface area contributed by atoms with E-state index in [4.69, 9.17) is 18.9 Å². The minimum atomic E-state index is -1.02. The Morgan fingerprint density at radius 1 is 0.935 bits per heavy atom. The van der Waals surface area contributed by atoms with Crippen LogP contribution in [0.25, 0.3) is 6.08 Å². The summed E-state index contributed by atoms with van der Waals surface area (Å²) in [7, 11) is 4.50. The molecule has 31 heavy (non-hydrogen) atoms. The summed E-state index contributed by atoms with van der Waals surface area (Å²) in [4.78, 5) is 24.5. The van der Waals surface area contributed by atoms with Crippen molar-refractivity contribution in [2.24, 2.45) is 0 Å². The fraction of sp³-hybridized carbons (Fsp3) is 0.304. The van der Waals surface area contributed by atoms with E-state index in [1.54, 1.807) is 31.2 Å². The number of hydrogen-bond acceptors (Lipinski definition) is 6. The first kappa shape index (κ1) is 23.7. The van der Waals surface area contributed by atoms with E-state index in [0.29, 0.717) is 22.8 Å². The molecule has 1 N–H and O–H groups in total. The second kappa shape index (κ2) is 11.0. The molecule has 2 aromatic rings. The van der Waals surface area contributed by atoms with Gasteiger partial charge in [0.25, 0.3) is 5.91 Å². The zero-order valence-corrected chi connectivity index (χ0v) is 18.1. The summed E-state index contributed by atoms with van der Waals surface area (Å²) in [5.41, 5.74) is 1.30. The van der Waals surface area contributed by atoms with Crippen LogP contribution in [-0.4, -0.2) is 39.3 Å². The van der Waals surface area contributed by atoms with Gasteiger partial charge in [0.15, 0.2) is 17.6 Å². The van der Waals surface area contributed by atoms with Gasteiger partial charge in [-0.15, -0.1) is 0 Å². The fourth-order valence-corrected chi connectivity index (χ4v) is 2.77. The Morgan fingerprint density at radius 2 is 1.52 bits per heavy atom. The first-order valence-electron chi connectivity index (χ1n) is 9.53. The largest absolute Gasteiger partial charge is 0.496 e. The van der Waals surface area contributed by atoms with Gasteiger partial charge in [0.1, 0.15) is 11.6 Å². The minimum absolute atomic E-state index is 0.359. The van der Waals surface area contributed by atoms with Crippen molar-refractivity contribution < 1.29 is 32.9 Å². The van der Waals surface area contributed by atoms with Gasteiger partial charge in [-0.3, -0.25) is 4.79 Å². The quantitative estimate of drug-likeness (QED) is 0.482. The average Bonchev–Trinajstić information content (AvgIpc) is 2.77. The number of ether oxygens (including phenoxy) is 4. The molecule has 7 nitrogen and oxygen atoms in total. The molecule has 0 fully saturated rings. The number of carbonyl (C=O) groups is 2. The molecule has 0 aromatic heterocycles. The van der Waals surface area contributed by atoms with Gasteiger partial charge in [-0.2, -0.15) is 0 Å². The van der Waals surface area contributed by atoms with Crippen LogP contribution in [0, 0.1) is 5.82 Å². The third-order valence-electron chi connectivity index (χ3n) is 4.53. The highest BCUT2D eigenvalue weighted by Crippen LogP contribution is 2.35. The van der Waals surface area contributed by atoms with E-state index < -0.39 is 18.0 Å². The van der Waals surface area contributed by atoms with E-state index in [1.165, 1.54) is 52.5 Å². The number of methoxy groups -OCH3 is 3. The van der Waals surface area contributed by atoms with Crippen LogP contribution in [0.1, 0.15) is 31.0 Å². The summed E-state index contributed by atoms with van der Waals surface area (Å²) < 4.78 is 34.0. The molecule has 2 atom stereocenters. The third-order valence-corrected chi connectivity index (χ3v) is 4.53. The standard InChI is InChI=1S/C23H26FNO6/c1-14(16-6-9-18(24)10-7-16)25-23(27)15(2)31-22(26)11-8-17-12-20(29-4)21(30-5)13-19(17)28-3/h6-15H,1-5H3,(H,25,27)/b11-8+. The van der Waals surface area contributed by atoms with Gasteiger partial charge < -0.3 is 24.3 Å². The van der Waals surface area contributed by atoms with Crippen molar-refractivity contribution in [3.8, 4) is 17.2 Å². The van der Waals surface area contributed by atoms with E-state index in [1.807, 2.05) is 0 Å². The monoisotopic (exact) mass is 431 g/mol. The Kier molecular flexibility index (Phi) is 8.43. The molecule has 0 radical (unpaired) electrons. The van der Waals surface area contributed by atoms with Gasteiger partial charge in [0.05, 0.1) is 27.4 Å². The van der Waals surface area contributed by atoms with Crippen molar-refractivity contribution >= 4 is 18.0 Å². The molecule has 0 aliphatic carbocycles. The Bertz CT molecular complexity index is 942. The predicted octanol–water partition coefficient (Wildman–Crippen LogP) is 3.67. The van der Waals surface area contributed by atoms with E-state index in [9.17, 15) is 14.0 Å². The van der Waals surface area contributed by atoms with Crippen LogP contribution in [0.2, 0.25) is 0 Å². The van der Waals surface area contributed by atoms with E-state index in [-0.39, 0.29) is 11.9 Å². The lowest BCUT2D eigenvalue weighted by atomic mass is 10.1. The Labute approximate surface area is 180 Å². The zero-order chi connectivity index (χ0) is 23.0. The van der Waals surface area contributed by atoms with Crippen LogP contribution in [-0.2, 0) is 14.3 Å². The first-order valence-corrected chi connectivity index (χ1v) is 9.53. The normalized spacial score (nSPS) is 12.7. The Morgan fingerprint density at radius 3 is 2.10 bits per heavy atom. The van der Waals surface area contributed by atoms with Crippen LogP contribution < -0.4 is 19.5 Å². The van der Waals surface area contributed by atoms with Gasteiger partial charge in [-0.25, -0.2) is 9.18 Å². The van der Waals surface area contributed by atoms with Gasteiger partial charge in [-0.1, -0.05) is 12.1 Å². The van der Waals surface area contributed by atoms with Crippen molar-refractivity contribution in [3.63, 3.8) is 0 Å². The van der Waals surface area contributed by atoms with E-state index >= 15 is 0 Å². The smallest absolute Gasteiger partial charge is 0.331 e. The first-order chi connectivity index (χ1) is 14.8. The second-order valence-electron chi connectivity index (χ2n) is 6.64. The van der Waals surface area contributed by atoms with Crippen LogP contribution in [0.5, 0.6) is 17.2 Å². The maximum absolute atomic E-state index is 13.0. The zero-order valence-electron chi connectivity index (χ0n) is 18.1. The van der Waals surface area contributed by atoms with Gasteiger partial charge in [0.2, 0.25) is 0 Å². The lowest BCUT2D eigenvalue weighted by molar-refractivity contribution is -0.150. The molecular formula is C23H26FNO6. The molecular weight excluding hydrogens is 405 g/mol. The van der Waals surface area contributed by atoms with Gasteiger partial charge >= 0.3 is 5.97 Å². The molecule has 0 spiro atoms. The molecule has 2 aromatic carbocycles. The lowest BCUT2D eigenvalue weighted by Gasteiger charge is -2.18. The van der Waals surface area contributed by atoms with Gasteiger partial charge in [0, 0.05) is 17.7 Å². The van der Waals surface area contributed by atoms with Crippen LogP contribution in [0.4, 0.5) is 4.39 Å². The summed E-state index contributed by atoms with van der Waals surface area (Å²) >= 11 is 0. The molecule has 166 valence electrons. The third kappa shape index (κ3) is 6.47. The summed E-state index contributed by atoms with van der Waals surface area (Å²) in [6, 6.07) is 8.70. The van der Waals surface area contributed by atoms with Crippen molar-refractivity contribution in [1.82, 2.24) is 5.32 Å². The number of benzene rings is 2. The molecule has 0 aliphatic heterocycles. The minimum Gasteiger partial charge on any atom is -0.496 e. The van der Waals surface area contributed by atoms with Crippen molar-refractivity contribution in [2.75, 3.05) is 21.3 Å².